The number of para-hydroxylation sites is 1. The van der Waals surface area contributed by atoms with E-state index in [4.69, 9.17) is 0 Å². The molecule has 2 aliphatic rings. The Morgan fingerprint density at radius 2 is 1.61 bits per heavy atom. The summed E-state index contributed by atoms with van der Waals surface area (Å²) in [6.45, 7) is 0. The molecule has 2 atom stereocenters. The molecular weight excluding hydrogens is 394 g/mol. The van der Waals surface area contributed by atoms with Gasteiger partial charge in [0.2, 0.25) is 0 Å². The first-order valence-electron chi connectivity index (χ1n) is 11.3. The fourth-order valence-corrected chi connectivity index (χ4v) is 5.32. The van der Waals surface area contributed by atoms with Gasteiger partial charge in [0, 0.05) is 20.1 Å². The van der Waals surface area contributed by atoms with E-state index in [1.54, 1.807) is 26.2 Å². The first-order chi connectivity index (χ1) is 14.9. The fraction of sp³-hybridized carbons (Fsp3) is 0.542. The third-order valence-corrected chi connectivity index (χ3v) is 7.00. The molecule has 0 bridgehead atoms. The Balaban J connectivity index is 1.57. The first-order valence-corrected chi connectivity index (χ1v) is 11.3. The number of anilines is 3. The van der Waals surface area contributed by atoms with Gasteiger partial charge in [-0.3, -0.25) is 14.4 Å². The predicted octanol–water partition coefficient (Wildman–Crippen LogP) is 3.59. The van der Waals surface area contributed by atoms with Crippen LogP contribution in [0.1, 0.15) is 61.7 Å². The molecule has 31 heavy (non-hydrogen) atoms. The number of phenolic OH excluding ortho intramolecular Hbond substituents is 1. The molecule has 2 aliphatic carbocycles. The van der Waals surface area contributed by atoms with Crippen molar-refractivity contribution in [3.8, 4) is 5.75 Å². The molecule has 0 saturated heterocycles. The van der Waals surface area contributed by atoms with Crippen LogP contribution in [0.2, 0.25) is 0 Å². The van der Waals surface area contributed by atoms with Crippen molar-refractivity contribution < 1.29 is 9.90 Å². The maximum absolute atomic E-state index is 12.4. The number of nitrogens with zero attached hydrogens (tertiary/aromatic N) is 1. The Bertz CT molecular complexity index is 1030. The van der Waals surface area contributed by atoms with Gasteiger partial charge in [0.15, 0.2) is 5.75 Å². The van der Waals surface area contributed by atoms with Crippen LogP contribution >= 0.6 is 0 Å². The molecule has 2 aromatic rings. The molecule has 0 aliphatic heterocycles. The van der Waals surface area contributed by atoms with E-state index in [0.29, 0.717) is 17.5 Å². The van der Waals surface area contributed by atoms with E-state index in [9.17, 15) is 19.5 Å². The number of carbonyl (C=O) groups excluding carboxylic acids is 1. The summed E-state index contributed by atoms with van der Waals surface area (Å²) in [7, 11) is 3.21. The van der Waals surface area contributed by atoms with E-state index in [1.807, 2.05) is 0 Å². The summed E-state index contributed by atoms with van der Waals surface area (Å²) < 4.78 is 0. The Kier molecular flexibility index (Phi) is 6.03. The van der Waals surface area contributed by atoms with Crippen LogP contribution in [0.3, 0.4) is 0 Å². The molecular formula is C24H31N3O4. The molecule has 2 aromatic carbocycles. The van der Waals surface area contributed by atoms with Crippen LogP contribution in [0.5, 0.6) is 5.75 Å². The second kappa shape index (κ2) is 8.73. The average molecular weight is 426 g/mol. The minimum absolute atomic E-state index is 0.136. The van der Waals surface area contributed by atoms with E-state index in [0.717, 1.165) is 19.3 Å². The maximum Gasteiger partial charge on any atom is 0.257 e. The van der Waals surface area contributed by atoms with Crippen LogP contribution in [0.4, 0.5) is 17.1 Å². The van der Waals surface area contributed by atoms with Crippen LogP contribution in [0.15, 0.2) is 27.8 Å². The lowest BCUT2D eigenvalue weighted by molar-refractivity contribution is 0.0824. The second-order valence-electron chi connectivity index (χ2n) is 9.18. The molecule has 7 nitrogen and oxygen atoms in total. The summed E-state index contributed by atoms with van der Waals surface area (Å²) in [5.41, 5.74) is -0.262. The average Bonchev–Trinajstić information content (AvgIpc) is 3.31. The van der Waals surface area contributed by atoms with Gasteiger partial charge in [0.05, 0.1) is 11.3 Å². The molecule has 0 spiro atoms. The lowest BCUT2D eigenvalue weighted by atomic mass is 9.75. The van der Waals surface area contributed by atoms with Crippen LogP contribution in [-0.2, 0) is 0 Å². The molecule has 3 N–H and O–H groups in total. The second-order valence-corrected chi connectivity index (χ2v) is 9.18. The van der Waals surface area contributed by atoms with Gasteiger partial charge < -0.3 is 20.6 Å². The van der Waals surface area contributed by atoms with E-state index in [2.05, 4.69) is 10.6 Å². The highest BCUT2D eigenvalue weighted by atomic mass is 16.3. The monoisotopic (exact) mass is 425 g/mol. The zero-order valence-corrected chi connectivity index (χ0v) is 18.2. The summed E-state index contributed by atoms with van der Waals surface area (Å²) in [6.07, 6.45) is 9.56. The van der Waals surface area contributed by atoms with E-state index < -0.39 is 10.9 Å². The molecule has 2 fully saturated rings. The number of nitrogens with one attached hydrogen (secondary N) is 2. The molecule has 0 heterocycles. The summed E-state index contributed by atoms with van der Waals surface area (Å²) in [5, 5.41) is 16.9. The van der Waals surface area contributed by atoms with E-state index in [-0.39, 0.29) is 34.6 Å². The number of amides is 1. The summed E-state index contributed by atoms with van der Waals surface area (Å²) in [5.74, 6) is 0.647. The van der Waals surface area contributed by atoms with Crippen molar-refractivity contribution in [1.82, 2.24) is 4.90 Å². The lowest BCUT2D eigenvalue weighted by Gasteiger charge is -2.37. The van der Waals surface area contributed by atoms with Crippen molar-refractivity contribution in [1.29, 1.82) is 0 Å². The summed E-state index contributed by atoms with van der Waals surface area (Å²) >= 11 is 0. The van der Waals surface area contributed by atoms with Crippen molar-refractivity contribution in [2.45, 2.75) is 57.4 Å². The number of hydrogen-bond donors (Lipinski definition) is 3. The van der Waals surface area contributed by atoms with Crippen LogP contribution < -0.4 is 21.5 Å². The zero-order valence-electron chi connectivity index (χ0n) is 18.2. The Morgan fingerprint density at radius 1 is 0.968 bits per heavy atom. The smallest absolute Gasteiger partial charge is 0.257 e. The predicted molar refractivity (Wildman–Crippen MR) is 122 cm³/mol. The normalized spacial score (nSPS) is 21.9. The highest BCUT2D eigenvalue weighted by molar-refractivity contribution is 5.99. The lowest BCUT2D eigenvalue weighted by Crippen LogP contribution is -2.43. The van der Waals surface area contributed by atoms with Gasteiger partial charge in [-0.1, -0.05) is 44.6 Å². The topological polar surface area (TPSA) is 98.7 Å². The SMILES string of the molecule is CN(C)C(=O)c1cccc(Nc2c(N[C@H]3CCCC[C@@H]3C3CCCC3)c(=O)c2=O)c1O. The van der Waals surface area contributed by atoms with Crippen LogP contribution in [0.25, 0.3) is 0 Å². The molecule has 166 valence electrons. The number of rotatable bonds is 6. The van der Waals surface area contributed by atoms with Crippen molar-refractivity contribution in [2.24, 2.45) is 11.8 Å². The highest BCUT2D eigenvalue weighted by Gasteiger charge is 2.35. The molecule has 0 unspecified atom stereocenters. The Labute approximate surface area is 182 Å². The molecule has 7 heteroatoms. The van der Waals surface area contributed by atoms with E-state index in [1.165, 1.54) is 43.1 Å². The van der Waals surface area contributed by atoms with Crippen molar-refractivity contribution in [2.75, 3.05) is 24.7 Å². The first kappa shape index (κ1) is 21.4. The largest absolute Gasteiger partial charge is 0.505 e. The molecule has 4 rings (SSSR count). The van der Waals surface area contributed by atoms with Gasteiger partial charge in [-0.15, -0.1) is 0 Å². The molecule has 2 saturated carbocycles. The van der Waals surface area contributed by atoms with Gasteiger partial charge in [0.1, 0.15) is 11.4 Å². The summed E-state index contributed by atoms with van der Waals surface area (Å²) in [6, 6.07) is 4.94. The highest BCUT2D eigenvalue weighted by Crippen LogP contribution is 2.41. The van der Waals surface area contributed by atoms with Crippen LogP contribution in [-0.4, -0.2) is 36.1 Å². The number of aromatic hydroxyl groups is 1. The molecule has 1 amide bonds. The third-order valence-electron chi connectivity index (χ3n) is 7.00. The van der Waals surface area contributed by atoms with Gasteiger partial charge in [-0.25, -0.2) is 0 Å². The third kappa shape index (κ3) is 4.05. The van der Waals surface area contributed by atoms with Crippen LogP contribution in [0, 0.1) is 11.8 Å². The standard InChI is InChI=1S/C24H31N3O4/c1-27(2)24(31)16-11-7-13-18(21(16)28)26-20-19(22(29)23(20)30)25-17-12-6-5-10-15(17)14-8-3-4-9-14/h7,11,13-15,17,25-26,28H,3-6,8-10,12H2,1-2H3/t15-,17+/m1/s1. The van der Waals surface area contributed by atoms with Crippen molar-refractivity contribution in [3.63, 3.8) is 0 Å². The zero-order chi connectivity index (χ0) is 22.1. The minimum atomic E-state index is -0.598. The van der Waals surface area contributed by atoms with Gasteiger partial charge in [0.25, 0.3) is 16.8 Å². The number of hydrogen-bond acceptors (Lipinski definition) is 6. The number of phenols is 1. The quantitative estimate of drug-likeness (QED) is 0.483. The molecule has 0 radical (unpaired) electrons. The van der Waals surface area contributed by atoms with Gasteiger partial charge in [-0.05, 0) is 36.8 Å². The summed E-state index contributed by atoms with van der Waals surface area (Å²) in [4.78, 5) is 38.4. The van der Waals surface area contributed by atoms with Crippen molar-refractivity contribution >= 4 is 23.0 Å². The van der Waals surface area contributed by atoms with Crippen molar-refractivity contribution in [3.05, 3.63) is 44.2 Å². The number of carbonyl (C=O) groups is 1. The van der Waals surface area contributed by atoms with Gasteiger partial charge >= 0.3 is 0 Å². The molecule has 0 aromatic heterocycles. The fourth-order valence-electron chi connectivity index (χ4n) is 5.32. The Morgan fingerprint density at radius 3 is 2.32 bits per heavy atom. The number of benzene rings is 1. The van der Waals surface area contributed by atoms with Gasteiger partial charge in [-0.2, -0.15) is 0 Å². The minimum Gasteiger partial charge on any atom is -0.505 e. The maximum atomic E-state index is 12.4. The van der Waals surface area contributed by atoms with E-state index >= 15 is 0 Å². The Hall–Kier alpha value is -2.83.